The first kappa shape index (κ1) is 11.0. The molecule has 15 heavy (non-hydrogen) atoms. The summed E-state index contributed by atoms with van der Waals surface area (Å²) in [5.41, 5.74) is 0.132. The van der Waals surface area contributed by atoms with Gasteiger partial charge in [0, 0.05) is 12.0 Å². The molecule has 1 aliphatic heterocycles. The van der Waals surface area contributed by atoms with Crippen LogP contribution in [-0.4, -0.2) is 12.7 Å². The third kappa shape index (κ3) is 2.03. The Bertz CT molecular complexity index is 252. The van der Waals surface area contributed by atoms with Crippen molar-refractivity contribution in [3.8, 4) is 6.07 Å². The fourth-order valence-electron chi connectivity index (χ4n) is 3.22. The number of hydrogen-bond donors (Lipinski definition) is 0. The summed E-state index contributed by atoms with van der Waals surface area (Å²) in [6.07, 6.45) is 8.73. The molecular weight excluding hydrogens is 186 g/mol. The van der Waals surface area contributed by atoms with Crippen molar-refractivity contribution < 1.29 is 4.74 Å². The average Bonchev–Trinajstić information content (AvgIpc) is 2.31. The van der Waals surface area contributed by atoms with Gasteiger partial charge in [-0.3, -0.25) is 0 Å². The van der Waals surface area contributed by atoms with Crippen molar-refractivity contribution in [1.82, 2.24) is 0 Å². The lowest BCUT2D eigenvalue weighted by Crippen LogP contribution is -2.44. The van der Waals surface area contributed by atoms with Gasteiger partial charge in [-0.15, -0.1) is 0 Å². The molecule has 0 aromatic rings. The van der Waals surface area contributed by atoms with Crippen LogP contribution in [0, 0.1) is 22.7 Å². The molecule has 1 heterocycles. The molecule has 84 valence electrons. The molecule has 2 fully saturated rings. The fourth-order valence-corrected chi connectivity index (χ4v) is 3.22. The highest BCUT2D eigenvalue weighted by Gasteiger charge is 2.44. The summed E-state index contributed by atoms with van der Waals surface area (Å²) in [5, 5.41) is 9.25. The highest BCUT2D eigenvalue weighted by molar-refractivity contribution is 5.02. The summed E-state index contributed by atoms with van der Waals surface area (Å²) in [4.78, 5) is 0. The highest BCUT2D eigenvalue weighted by Crippen LogP contribution is 2.46. The van der Waals surface area contributed by atoms with Gasteiger partial charge in [-0.05, 0) is 32.1 Å². The third-order valence-corrected chi connectivity index (χ3v) is 4.33. The van der Waals surface area contributed by atoms with E-state index in [4.69, 9.17) is 4.74 Å². The van der Waals surface area contributed by atoms with Crippen molar-refractivity contribution in [1.29, 1.82) is 5.26 Å². The quantitative estimate of drug-likeness (QED) is 0.661. The molecule has 0 bridgehead atoms. The van der Waals surface area contributed by atoms with E-state index in [1.165, 1.54) is 32.1 Å². The van der Waals surface area contributed by atoms with Gasteiger partial charge in [0.1, 0.15) is 0 Å². The minimum absolute atomic E-state index is 0.132. The topological polar surface area (TPSA) is 33.0 Å². The zero-order valence-electron chi connectivity index (χ0n) is 9.67. The number of nitrogens with zero attached hydrogens (tertiary/aromatic N) is 1. The summed E-state index contributed by atoms with van der Waals surface area (Å²) in [7, 11) is 0. The molecular formula is C13H21NO. The normalized spacial score (nSPS) is 42.1. The first-order valence-corrected chi connectivity index (χ1v) is 6.28. The number of rotatable bonds is 1. The van der Waals surface area contributed by atoms with Crippen LogP contribution in [0.5, 0.6) is 0 Å². The maximum absolute atomic E-state index is 9.25. The second-order valence-corrected chi connectivity index (χ2v) is 5.29. The van der Waals surface area contributed by atoms with E-state index in [9.17, 15) is 5.26 Å². The van der Waals surface area contributed by atoms with E-state index in [1.54, 1.807) is 0 Å². The zero-order chi connectivity index (χ0) is 10.7. The van der Waals surface area contributed by atoms with Gasteiger partial charge < -0.3 is 4.74 Å². The van der Waals surface area contributed by atoms with Crippen LogP contribution in [-0.2, 0) is 4.74 Å². The minimum atomic E-state index is 0.132. The molecule has 2 heteroatoms. The van der Waals surface area contributed by atoms with Crippen molar-refractivity contribution in [2.45, 2.75) is 58.0 Å². The van der Waals surface area contributed by atoms with E-state index in [2.05, 4.69) is 13.0 Å². The van der Waals surface area contributed by atoms with Gasteiger partial charge in [0.25, 0.3) is 0 Å². The Morgan fingerprint density at radius 2 is 2.00 bits per heavy atom. The molecule has 0 aromatic carbocycles. The van der Waals surface area contributed by atoms with Crippen molar-refractivity contribution in [3.63, 3.8) is 0 Å². The molecule has 0 aromatic heterocycles. The smallest absolute Gasteiger partial charge is 0.0662 e. The van der Waals surface area contributed by atoms with Crippen LogP contribution >= 0.6 is 0 Å². The predicted octanol–water partition coefficient (Wildman–Crippen LogP) is 3.28. The zero-order valence-corrected chi connectivity index (χ0v) is 9.67. The molecule has 0 spiro atoms. The third-order valence-electron chi connectivity index (χ3n) is 4.33. The monoisotopic (exact) mass is 207 g/mol. The van der Waals surface area contributed by atoms with Crippen LogP contribution in [0.25, 0.3) is 0 Å². The van der Waals surface area contributed by atoms with Gasteiger partial charge in [-0.2, -0.15) is 5.26 Å². The Morgan fingerprint density at radius 1 is 1.20 bits per heavy atom. The number of ether oxygens (including phenoxy) is 1. The predicted molar refractivity (Wildman–Crippen MR) is 59.3 cm³/mol. The Kier molecular flexibility index (Phi) is 3.31. The Morgan fingerprint density at radius 3 is 2.67 bits per heavy atom. The van der Waals surface area contributed by atoms with Gasteiger partial charge in [-0.1, -0.05) is 19.8 Å². The lowest BCUT2D eigenvalue weighted by Gasteiger charge is -2.45. The summed E-state index contributed by atoms with van der Waals surface area (Å²) in [6.45, 7) is 3.18. The van der Waals surface area contributed by atoms with Crippen LogP contribution in [0.15, 0.2) is 0 Å². The molecule has 0 N–H and O–H groups in total. The van der Waals surface area contributed by atoms with E-state index in [1.807, 2.05) is 0 Å². The molecule has 0 radical (unpaired) electrons. The Labute approximate surface area is 92.6 Å². The van der Waals surface area contributed by atoms with Crippen molar-refractivity contribution >= 4 is 0 Å². The lowest BCUT2D eigenvalue weighted by molar-refractivity contribution is -0.0902. The summed E-state index contributed by atoms with van der Waals surface area (Å²) >= 11 is 0. The second-order valence-electron chi connectivity index (χ2n) is 5.29. The van der Waals surface area contributed by atoms with Gasteiger partial charge in [0.05, 0.1) is 18.1 Å². The van der Waals surface area contributed by atoms with E-state index in [-0.39, 0.29) is 11.3 Å². The average molecular weight is 207 g/mol. The lowest BCUT2D eigenvalue weighted by atomic mass is 9.63. The highest BCUT2D eigenvalue weighted by atomic mass is 16.5. The summed E-state index contributed by atoms with van der Waals surface area (Å²) < 4.78 is 5.90. The molecule has 2 rings (SSSR count). The minimum Gasteiger partial charge on any atom is -0.378 e. The number of hydrogen-bond acceptors (Lipinski definition) is 2. The van der Waals surface area contributed by atoms with Gasteiger partial charge in [0.15, 0.2) is 0 Å². The van der Waals surface area contributed by atoms with Crippen molar-refractivity contribution in [2.24, 2.45) is 11.3 Å². The van der Waals surface area contributed by atoms with E-state index in [0.717, 1.165) is 19.4 Å². The largest absolute Gasteiger partial charge is 0.378 e. The Balaban J connectivity index is 2.10. The first-order chi connectivity index (χ1) is 7.27. The van der Waals surface area contributed by atoms with E-state index >= 15 is 0 Å². The maximum atomic E-state index is 9.25. The van der Waals surface area contributed by atoms with Crippen LogP contribution in [0.3, 0.4) is 0 Å². The molecule has 2 aliphatic rings. The van der Waals surface area contributed by atoms with Gasteiger partial charge >= 0.3 is 0 Å². The molecule has 3 unspecified atom stereocenters. The fraction of sp³-hybridized carbons (Fsp3) is 0.923. The first-order valence-electron chi connectivity index (χ1n) is 6.28. The molecule has 1 saturated carbocycles. The Hall–Kier alpha value is -0.550. The van der Waals surface area contributed by atoms with Crippen LogP contribution in [0.4, 0.5) is 0 Å². The van der Waals surface area contributed by atoms with Crippen molar-refractivity contribution in [2.75, 3.05) is 6.61 Å². The molecule has 2 nitrogen and oxygen atoms in total. The molecule has 1 saturated heterocycles. The summed E-state index contributed by atoms with van der Waals surface area (Å²) in [6, 6.07) is 2.51. The SMILES string of the molecule is CC1(C2CCCCO2)CCCCC1C#N. The molecule has 1 aliphatic carbocycles. The standard InChI is InChI=1S/C13H21NO/c1-13(12-7-3-5-9-15-12)8-4-2-6-11(13)10-14/h11-12H,2-9H2,1H3. The summed E-state index contributed by atoms with van der Waals surface area (Å²) in [5.74, 6) is 0.217. The van der Waals surface area contributed by atoms with Crippen LogP contribution < -0.4 is 0 Å². The molecule has 0 amide bonds. The van der Waals surface area contributed by atoms with Crippen LogP contribution in [0.1, 0.15) is 51.9 Å². The second kappa shape index (κ2) is 4.53. The van der Waals surface area contributed by atoms with E-state index < -0.39 is 0 Å². The maximum Gasteiger partial charge on any atom is 0.0662 e. The van der Waals surface area contributed by atoms with Crippen molar-refractivity contribution in [3.05, 3.63) is 0 Å². The van der Waals surface area contributed by atoms with Gasteiger partial charge in [0.2, 0.25) is 0 Å². The number of nitriles is 1. The van der Waals surface area contributed by atoms with Crippen LogP contribution in [0.2, 0.25) is 0 Å². The van der Waals surface area contributed by atoms with Gasteiger partial charge in [-0.25, -0.2) is 0 Å². The molecule has 3 atom stereocenters. The van der Waals surface area contributed by atoms with E-state index in [0.29, 0.717) is 6.10 Å².